The van der Waals surface area contributed by atoms with Gasteiger partial charge in [0.15, 0.2) is 0 Å². The van der Waals surface area contributed by atoms with E-state index in [-0.39, 0.29) is 0 Å². The summed E-state index contributed by atoms with van der Waals surface area (Å²) in [6.07, 6.45) is 0. The van der Waals surface area contributed by atoms with E-state index >= 15 is 0 Å². The van der Waals surface area contributed by atoms with Crippen molar-refractivity contribution in [2.45, 2.75) is 12.5 Å². The van der Waals surface area contributed by atoms with Crippen LogP contribution < -0.4 is 5.73 Å². The maximum absolute atomic E-state index is 5.68. The fourth-order valence-corrected chi connectivity index (χ4v) is 4.21. The van der Waals surface area contributed by atoms with E-state index in [0.29, 0.717) is 11.7 Å². The Morgan fingerprint density at radius 3 is 2.57 bits per heavy atom. The van der Waals surface area contributed by atoms with Crippen LogP contribution in [0.1, 0.15) is 22.6 Å². The number of anilines is 1. The molecule has 0 fully saturated rings. The van der Waals surface area contributed by atoms with Crippen molar-refractivity contribution in [1.82, 2.24) is 15.1 Å². The highest BCUT2D eigenvalue weighted by Gasteiger charge is 2.25. The standard InChI is InChI=1S/C24H22N4/c1-28-14-20-13-19(23-10-11-24(25)27-26-23)8-9-21(20)22(15-28)18-7-6-16-4-2-3-5-17(16)12-18/h2-13,22H,14-15H2,1H3,(H2,25,27). The summed E-state index contributed by atoms with van der Waals surface area (Å²) in [6, 6.07) is 25.8. The first-order chi connectivity index (χ1) is 13.7. The second-order valence-electron chi connectivity index (χ2n) is 7.61. The summed E-state index contributed by atoms with van der Waals surface area (Å²) >= 11 is 0. The van der Waals surface area contributed by atoms with Gasteiger partial charge in [-0.15, -0.1) is 10.2 Å². The Hall–Kier alpha value is -3.24. The topological polar surface area (TPSA) is 55.0 Å². The quantitative estimate of drug-likeness (QED) is 0.569. The van der Waals surface area contributed by atoms with E-state index in [2.05, 4.69) is 82.8 Å². The maximum atomic E-state index is 5.68. The van der Waals surface area contributed by atoms with Gasteiger partial charge < -0.3 is 10.6 Å². The number of fused-ring (bicyclic) bond motifs is 2. The Bertz CT molecular complexity index is 1150. The summed E-state index contributed by atoms with van der Waals surface area (Å²) in [6.45, 7) is 1.96. The van der Waals surface area contributed by atoms with Gasteiger partial charge in [0.2, 0.25) is 0 Å². The molecule has 1 unspecified atom stereocenters. The van der Waals surface area contributed by atoms with Gasteiger partial charge in [-0.25, -0.2) is 0 Å². The summed E-state index contributed by atoms with van der Waals surface area (Å²) < 4.78 is 0. The Morgan fingerprint density at radius 2 is 1.75 bits per heavy atom. The van der Waals surface area contributed by atoms with E-state index in [1.165, 1.54) is 27.5 Å². The van der Waals surface area contributed by atoms with Gasteiger partial charge in [0.1, 0.15) is 5.82 Å². The third-order valence-electron chi connectivity index (χ3n) is 5.61. The largest absolute Gasteiger partial charge is 0.382 e. The molecule has 0 bridgehead atoms. The van der Waals surface area contributed by atoms with Crippen LogP contribution in [0, 0.1) is 0 Å². The second kappa shape index (κ2) is 6.73. The molecule has 0 saturated heterocycles. The van der Waals surface area contributed by atoms with Gasteiger partial charge in [0.25, 0.3) is 0 Å². The lowest BCUT2D eigenvalue weighted by Gasteiger charge is -2.33. The molecule has 1 aliphatic rings. The molecule has 0 aliphatic carbocycles. The Labute approximate surface area is 164 Å². The van der Waals surface area contributed by atoms with E-state index < -0.39 is 0 Å². The maximum Gasteiger partial charge on any atom is 0.146 e. The van der Waals surface area contributed by atoms with Crippen molar-refractivity contribution in [3.63, 3.8) is 0 Å². The zero-order valence-corrected chi connectivity index (χ0v) is 15.8. The van der Waals surface area contributed by atoms with Crippen molar-refractivity contribution in [2.24, 2.45) is 0 Å². The molecule has 138 valence electrons. The number of benzene rings is 3. The van der Waals surface area contributed by atoms with Crippen LogP contribution in [0.3, 0.4) is 0 Å². The molecular weight excluding hydrogens is 344 g/mol. The SMILES string of the molecule is CN1Cc2cc(-c3ccc(N)nn3)ccc2C(c2ccc3ccccc3c2)C1. The number of hydrogen-bond acceptors (Lipinski definition) is 4. The van der Waals surface area contributed by atoms with Crippen LogP contribution in [0.15, 0.2) is 72.8 Å². The first-order valence-electron chi connectivity index (χ1n) is 9.57. The van der Waals surface area contributed by atoms with Crippen LogP contribution >= 0.6 is 0 Å². The number of nitrogens with two attached hydrogens (primary N) is 1. The zero-order valence-electron chi connectivity index (χ0n) is 15.8. The molecule has 0 radical (unpaired) electrons. The smallest absolute Gasteiger partial charge is 0.146 e. The average molecular weight is 366 g/mol. The molecule has 1 atom stereocenters. The summed E-state index contributed by atoms with van der Waals surface area (Å²) in [5.41, 5.74) is 11.7. The van der Waals surface area contributed by atoms with Crippen molar-refractivity contribution in [1.29, 1.82) is 0 Å². The van der Waals surface area contributed by atoms with Crippen molar-refractivity contribution in [3.05, 3.63) is 89.5 Å². The average Bonchev–Trinajstić information content (AvgIpc) is 2.73. The minimum Gasteiger partial charge on any atom is -0.382 e. The monoisotopic (exact) mass is 366 g/mol. The molecule has 5 rings (SSSR count). The van der Waals surface area contributed by atoms with Gasteiger partial charge in [-0.2, -0.15) is 0 Å². The first kappa shape index (κ1) is 16.9. The highest BCUT2D eigenvalue weighted by molar-refractivity contribution is 5.83. The number of nitrogens with zero attached hydrogens (tertiary/aromatic N) is 3. The summed E-state index contributed by atoms with van der Waals surface area (Å²) in [5, 5.41) is 10.8. The minimum atomic E-state index is 0.366. The summed E-state index contributed by atoms with van der Waals surface area (Å²) in [4.78, 5) is 2.39. The van der Waals surface area contributed by atoms with Crippen LogP contribution in [-0.2, 0) is 6.54 Å². The molecule has 2 heterocycles. The zero-order chi connectivity index (χ0) is 19.1. The van der Waals surface area contributed by atoms with Gasteiger partial charge in [0, 0.05) is 24.6 Å². The molecule has 2 N–H and O–H groups in total. The number of rotatable bonds is 2. The lowest BCUT2D eigenvalue weighted by molar-refractivity contribution is 0.295. The molecule has 0 spiro atoms. The minimum absolute atomic E-state index is 0.366. The molecule has 1 aromatic heterocycles. The molecule has 1 aliphatic heterocycles. The van der Waals surface area contributed by atoms with Crippen molar-refractivity contribution in [2.75, 3.05) is 19.3 Å². The van der Waals surface area contributed by atoms with Crippen molar-refractivity contribution < 1.29 is 0 Å². The Morgan fingerprint density at radius 1 is 0.893 bits per heavy atom. The summed E-state index contributed by atoms with van der Waals surface area (Å²) in [7, 11) is 2.19. The normalized spacial score (nSPS) is 16.8. The number of likely N-dealkylation sites (N-methyl/N-ethyl adjacent to an activating group) is 1. The van der Waals surface area contributed by atoms with Gasteiger partial charge in [-0.05, 0) is 52.7 Å². The van der Waals surface area contributed by atoms with Crippen LogP contribution in [0.25, 0.3) is 22.0 Å². The lowest BCUT2D eigenvalue weighted by Crippen LogP contribution is -2.31. The molecule has 0 saturated carbocycles. The molecule has 4 aromatic rings. The van der Waals surface area contributed by atoms with Crippen LogP contribution in [0.5, 0.6) is 0 Å². The second-order valence-corrected chi connectivity index (χ2v) is 7.61. The van der Waals surface area contributed by atoms with Gasteiger partial charge in [-0.3, -0.25) is 0 Å². The Balaban J connectivity index is 1.57. The highest BCUT2D eigenvalue weighted by atomic mass is 15.1. The predicted octanol–water partition coefficient (Wildman–Crippen LogP) is 4.46. The Kier molecular flexibility index (Phi) is 4.06. The van der Waals surface area contributed by atoms with E-state index in [0.717, 1.165) is 24.3 Å². The van der Waals surface area contributed by atoms with E-state index in [4.69, 9.17) is 5.73 Å². The fraction of sp³-hybridized carbons (Fsp3) is 0.167. The molecular formula is C24H22N4. The predicted molar refractivity (Wildman–Crippen MR) is 114 cm³/mol. The summed E-state index contributed by atoms with van der Waals surface area (Å²) in [5.74, 6) is 0.808. The highest BCUT2D eigenvalue weighted by Crippen LogP contribution is 2.36. The van der Waals surface area contributed by atoms with Gasteiger partial charge in [-0.1, -0.05) is 54.6 Å². The van der Waals surface area contributed by atoms with Crippen LogP contribution in [0.4, 0.5) is 5.82 Å². The third-order valence-corrected chi connectivity index (χ3v) is 5.61. The number of nitrogen functional groups attached to an aromatic ring is 1. The van der Waals surface area contributed by atoms with E-state index in [9.17, 15) is 0 Å². The van der Waals surface area contributed by atoms with E-state index in [1.54, 1.807) is 6.07 Å². The fourth-order valence-electron chi connectivity index (χ4n) is 4.21. The lowest BCUT2D eigenvalue weighted by atomic mass is 9.83. The number of aromatic nitrogens is 2. The van der Waals surface area contributed by atoms with Crippen molar-refractivity contribution >= 4 is 16.6 Å². The van der Waals surface area contributed by atoms with Crippen LogP contribution in [0.2, 0.25) is 0 Å². The van der Waals surface area contributed by atoms with Crippen molar-refractivity contribution in [3.8, 4) is 11.3 Å². The number of hydrogen-bond donors (Lipinski definition) is 1. The van der Waals surface area contributed by atoms with E-state index in [1.807, 2.05) is 6.07 Å². The molecule has 28 heavy (non-hydrogen) atoms. The van der Waals surface area contributed by atoms with Gasteiger partial charge in [0.05, 0.1) is 5.69 Å². The molecule has 4 heteroatoms. The molecule has 0 amide bonds. The third kappa shape index (κ3) is 3.02. The van der Waals surface area contributed by atoms with Gasteiger partial charge >= 0.3 is 0 Å². The molecule has 3 aromatic carbocycles. The first-order valence-corrected chi connectivity index (χ1v) is 9.57. The van der Waals surface area contributed by atoms with Crippen LogP contribution in [-0.4, -0.2) is 28.7 Å². The molecule has 4 nitrogen and oxygen atoms in total.